The number of imide groups is 1. The van der Waals surface area contributed by atoms with Crippen molar-refractivity contribution in [3.8, 4) is 0 Å². The maximum atomic E-state index is 12.3. The number of benzene rings is 1. The molecule has 2 N–H and O–H groups in total. The van der Waals surface area contributed by atoms with Gasteiger partial charge >= 0.3 is 6.09 Å². The standard InChI is InChI=1S/C17H18N2O4S/c1-10-4-5-11(2)12(8-10)9-14(20)18-16-13(6-7-24-16)15(21)19-17(22)23-3/h4-8H,9H2,1-3H3,(H,18,20)(H,19,21,22). The van der Waals surface area contributed by atoms with E-state index in [-0.39, 0.29) is 17.9 Å². The minimum atomic E-state index is -0.848. The maximum absolute atomic E-state index is 12.3. The minimum Gasteiger partial charge on any atom is -0.453 e. The molecule has 0 aliphatic heterocycles. The normalized spacial score (nSPS) is 10.1. The summed E-state index contributed by atoms with van der Waals surface area (Å²) in [5.41, 5.74) is 3.27. The lowest BCUT2D eigenvalue weighted by atomic mass is 10.0. The minimum absolute atomic E-state index is 0.212. The topological polar surface area (TPSA) is 84.5 Å². The summed E-state index contributed by atoms with van der Waals surface area (Å²) in [6, 6.07) is 7.47. The molecule has 24 heavy (non-hydrogen) atoms. The van der Waals surface area contributed by atoms with Crippen LogP contribution < -0.4 is 10.6 Å². The summed E-state index contributed by atoms with van der Waals surface area (Å²) in [5.74, 6) is -0.844. The summed E-state index contributed by atoms with van der Waals surface area (Å²) >= 11 is 1.21. The SMILES string of the molecule is COC(=O)NC(=O)c1ccsc1NC(=O)Cc1cc(C)ccc1C. The highest BCUT2D eigenvalue weighted by atomic mass is 32.1. The van der Waals surface area contributed by atoms with Gasteiger partial charge in [0.1, 0.15) is 5.00 Å². The monoisotopic (exact) mass is 346 g/mol. The second-order valence-corrected chi connectivity index (χ2v) is 6.18. The summed E-state index contributed by atoms with van der Waals surface area (Å²) in [6.45, 7) is 3.91. The molecule has 0 spiro atoms. The van der Waals surface area contributed by atoms with Crippen LogP contribution in [-0.4, -0.2) is 25.0 Å². The van der Waals surface area contributed by atoms with Gasteiger partial charge in [0.05, 0.1) is 19.1 Å². The Morgan fingerprint density at radius 2 is 1.92 bits per heavy atom. The van der Waals surface area contributed by atoms with Crippen LogP contribution in [0.25, 0.3) is 0 Å². The Bertz CT molecular complexity index is 783. The van der Waals surface area contributed by atoms with Crippen LogP contribution in [0.15, 0.2) is 29.6 Å². The third-order valence-electron chi connectivity index (χ3n) is 3.42. The first-order chi connectivity index (χ1) is 11.4. The van der Waals surface area contributed by atoms with E-state index in [1.54, 1.807) is 5.38 Å². The second-order valence-electron chi connectivity index (χ2n) is 5.26. The van der Waals surface area contributed by atoms with Gasteiger partial charge in [0.15, 0.2) is 0 Å². The zero-order chi connectivity index (χ0) is 17.7. The predicted octanol–water partition coefficient (Wildman–Crippen LogP) is 3.04. The fourth-order valence-electron chi connectivity index (χ4n) is 2.13. The molecule has 0 unspecified atom stereocenters. The fourth-order valence-corrected chi connectivity index (χ4v) is 2.93. The molecule has 7 heteroatoms. The molecule has 1 heterocycles. The summed E-state index contributed by atoms with van der Waals surface area (Å²) < 4.78 is 4.39. The number of hydrogen-bond acceptors (Lipinski definition) is 5. The van der Waals surface area contributed by atoms with Crippen molar-refractivity contribution in [3.05, 3.63) is 51.9 Å². The molecule has 0 aliphatic carbocycles. The molecule has 0 atom stereocenters. The highest BCUT2D eigenvalue weighted by Crippen LogP contribution is 2.23. The quantitative estimate of drug-likeness (QED) is 0.891. The summed E-state index contributed by atoms with van der Waals surface area (Å²) in [5, 5.41) is 6.85. The molecule has 0 saturated carbocycles. The number of thiophene rings is 1. The van der Waals surface area contributed by atoms with Crippen LogP contribution in [0.5, 0.6) is 0 Å². The maximum Gasteiger partial charge on any atom is 0.413 e. The number of methoxy groups -OCH3 is 1. The largest absolute Gasteiger partial charge is 0.453 e. The Hall–Kier alpha value is -2.67. The highest BCUT2D eigenvalue weighted by molar-refractivity contribution is 7.14. The van der Waals surface area contributed by atoms with Gasteiger partial charge in [-0.25, -0.2) is 4.79 Å². The van der Waals surface area contributed by atoms with Crippen LogP contribution >= 0.6 is 11.3 Å². The van der Waals surface area contributed by atoms with Crippen molar-refractivity contribution in [2.75, 3.05) is 12.4 Å². The van der Waals surface area contributed by atoms with E-state index in [2.05, 4.69) is 15.4 Å². The zero-order valence-electron chi connectivity index (χ0n) is 13.6. The average molecular weight is 346 g/mol. The Balaban J connectivity index is 2.07. The lowest BCUT2D eigenvalue weighted by Gasteiger charge is -2.09. The molecule has 0 radical (unpaired) electrons. The zero-order valence-corrected chi connectivity index (χ0v) is 14.5. The van der Waals surface area contributed by atoms with Crippen molar-refractivity contribution in [1.29, 1.82) is 0 Å². The van der Waals surface area contributed by atoms with E-state index in [1.807, 2.05) is 32.0 Å². The van der Waals surface area contributed by atoms with Gasteiger partial charge in [-0.05, 0) is 36.4 Å². The highest BCUT2D eigenvalue weighted by Gasteiger charge is 2.17. The molecule has 1 aromatic heterocycles. The Labute approximate surface area is 143 Å². The van der Waals surface area contributed by atoms with E-state index in [1.165, 1.54) is 24.5 Å². The summed E-state index contributed by atoms with van der Waals surface area (Å²) in [6.07, 6.45) is -0.636. The Morgan fingerprint density at radius 1 is 1.17 bits per heavy atom. The summed E-state index contributed by atoms with van der Waals surface area (Å²) in [7, 11) is 1.17. The third kappa shape index (κ3) is 4.42. The second kappa shape index (κ2) is 7.74. The number of hydrogen-bond donors (Lipinski definition) is 2. The lowest BCUT2D eigenvalue weighted by molar-refractivity contribution is -0.115. The number of anilines is 1. The van der Waals surface area contributed by atoms with Gasteiger partial charge in [-0.3, -0.25) is 14.9 Å². The van der Waals surface area contributed by atoms with Gasteiger partial charge in [0, 0.05) is 0 Å². The molecule has 0 aliphatic rings. The number of ether oxygens (including phenoxy) is 1. The van der Waals surface area contributed by atoms with Crippen molar-refractivity contribution < 1.29 is 19.1 Å². The van der Waals surface area contributed by atoms with E-state index in [0.717, 1.165) is 16.7 Å². The van der Waals surface area contributed by atoms with Crippen molar-refractivity contribution in [2.24, 2.45) is 0 Å². The number of aryl methyl sites for hydroxylation is 2. The van der Waals surface area contributed by atoms with Crippen LogP contribution in [-0.2, 0) is 16.0 Å². The predicted molar refractivity (Wildman–Crippen MR) is 92.4 cm³/mol. The molecule has 6 nitrogen and oxygen atoms in total. The van der Waals surface area contributed by atoms with Gasteiger partial charge < -0.3 is 10.1 Å². The van der Waals surface area contributed by atoms with Gasteiger partial charge in [-0.15, -0.1) is 11.3 Å². The van der Waals surface area contributed by atoms with Crippen LogP contribution in [0.1, 0.15) is 27.0 Å². The first kappa shape index (κ1) is 17.7. The molecular formula is C17H18N2O4S. The van der Waals surface area contributed by atoms with Crippen LogP contribution in [0, 0.1) is 13.8 Å². The number of nitrogens with one attached hydrogen (secondary N) is 2. The van der Waals surface area contributed by atoms with E-state index in [9.17, 15) is 14.4 Å². The Kier molecular flexibility index (Phi) is 5.70. The van der Waals surface area contributed by atoms with Crippen molar-refractivity contribution in [1.82, 2.24) is 5.32 Å². The number of carbonyl (C=O) groups excluding carboxylic acids is 3. The molecule has 0 fully saturated rings. The van der Waals surface area contributed by atoms with E-state index >= 15 is 0 Å². The molecule has 126 valence electrons. The molecule has 2 rings (SSSR count). The molecule has 3 amide bonds. The van der Waals surface area contributed by atoms with Crippen molar-refractivity contribution in [2.45, 2.75) is 20.3 Å². The molecular weight excluding hydrogens is 328 g/mol. The smallest absolute Gasteiger partial charge is 0.413 e. The van der Waals surface area contributed by atoms with Crippen LogP contribution in [0.4, 0.5) is 9.80 Å². The number of carbonyl (C=O) groups is 3. The molecule has 2 aromatic rings. The fraction of sp³-hybridized carbons (Fsp3) is 0.235. The third-order valence-corrected chi connectivity index (χ3v) is 4.25. The Morgan fingerprint density at radius 3 is 2.62 bits per heavy atom. The van der Waals surface area contributed by atoms with E-state index < -0.39 is 12.0 Å². The summed E-state index contributed by atoms with van der Waals surface area (Å²) in [4.78, 5) is 35.4. The van der Waals surface area contributed by atoms with Crippen molar-refractivity contribution >= 4 is 34.2 Å². The van der Waals surface area contributed by atoms with E-state index in [0.29, 0.717) is 5.00 Å². The first-order valence-electron chi connectivity index (χ1n) is 7.23. The molecule has 0 saturated heterocycles. The lowest BCUT2D eigenvalue weighted by Crippen LogP contribution is -2.30. The number of rotatable bonds is 4. The molecule has 0 bridgehead atoms. The first-order valence-corrected chi connectivity index (χ1v) is 8.11. The van der Waals surface area contributed by atoms with Crippen LogP contribution in [0.2, 0.25) is 0 Å². The van der Waals surface area contributed by atoms with Crippen LogP contribution in [0.3, 0.4) is 0 Å². The number of amides is 3. The molecule has 1 aromatic carbocycles. The van der Waals surface area contributed by atoms with Gasteiger partial charge in [-0.1, -0.05) is 23.8 Å². The van der Waals surface area contributed by atoms with E-state index in [4.69, 9.17) is 0 Å². The van der Waals surface area contributed by atoms with Gasteiger partial charge in [0.25, 0.3) is 5.91 Å². The van der Waals surface area contributed by atoms with Gasteiger partial charge in [0.2, 0.25) is 5.91 Å². The van der Waals surface area contributed by atoms with Crippen molar-refractivity contribution in [3.63, 3.8) is 0 Å². The average Bonchev–Trinajstić information content (AvgIpc) is 2.98. The van der Waals surface area contributed by atoms with Gasteiger partial charge in [-0.2, -0.15) is 0 Å². The number of alkyl carbamates (subject to hydrolysis) is 1.